The van der Waals surface area contributed by atoms with Crippen molar-refractivity contribution < 1.29 is 14.1 Å². The number of aromatic nitrogens is 4. The van der Waals surface area contributed by atoms with Crippen LogP contribution < -0.4 is 10.1 Å². The molecule has 3 heterocycles. The number of hydrogen-bond donors (Lipinski definition) is 1. The second-order valence-electron chi connectivity index (χ2n) is 6.88. The van der Waals surface area contributed by atoms with E-state index in [1.165, 1.54) is 11.3 Å². The number of para-hydroxylation sites is 1. The minimum absolute atomic E-state index is 0.181. The number of anilines is 1. The molecule has 0 fully saturated rings. The van der Waals surface area contributed by atoms with Gasteiger partial charge in [0.25, 0.3) is 5.91 Å². The van der Waals surface area contributed by atoms with Crippen molar-refractivity contribution in [3.63, 3.8) is 0 Å². The van der Waals surface area contributed by atoms with Gasteiger partial charge < -0.3 is 9.26 Å². The SMILES string of the molecule is Cc1ccccc1OCc1c(C(=O)Nc2nc(-c3cnn(C)c3C)cs2)noc1C. The van der Waals surface area contributed by atoms with Crippen LogP contribution in [0.15, 0.2) is 40.4 Å². The number of benzene rings is 1. The standard InChI is InChI=1S/C21H21N5O3S/c1-12-7-5-6-8-18(12)28-10-16-14(3)29-25-19(16)20(27)24-21-23-17(11-30-21)15-9-22-26(4)13(15)2/h5-9,11H,10H2,1-4H3,(H,23,24,27). The predicted octanol–water partition coefficient (Wildman–Crippen LogP) is 4.29. The first-order chi connectivity index (χ1) is 14.4. The Morgan fingerprint density at radius 2 is 2.07 bits per heavy atom. The highest BCUT2D eigenvalue weighted by Crippen LogP contribution is 2.28. The van der Waals surface area contributed by atoms with Crippen molar-refractivity contribution in [2.45, 2.75) is 27.4 Å². The van der Waals surface area contributed by atoms with Crippen molar-refractivity contribution in [2.24, 2.45) is 7.05 Å². The Labute approximate surface area is 177 Å². The Hall–Kier alpha value is -3.46. The molecule has 3 aromatic heterocycles. The van der Waals surface area contributed by atoms with Crippen molar-refractivity contribution in [1.29, 1.82) is 0 Å². The molecular weight excluding hydrogens is 402 g/mol. The lowest BCUT2D eigenvalue weighted by Crippen LogP contribution is -2.15. The van der Waals surface area contributed by atoms with Gasteiger partial charge in [0.2, 0.25) is 0 Å². The molecule has 4 aromatic rings. The molecule has 0 radical (unpaired) electrons. The fraction of sp³-hybridized carbons (Fsp3) is 0.238. The Morgan fingerprint density at radius 1 is 1.27 bits per heavy atom. The van der Waals surface area contributed by atoms with Crippen LogP contribution in [-0.4, -0.2) is 25.8 Å². The topological polar surface area (TPSA) is 95.1 Å². The van der Waals surface area contributed by atoms with Gasteiger partial charge in [-0.1, -0.05) is 23.4 Å². The fourth-order valence-electron chi connectivity index (χ4n) is 2.97. The monoisotopic (exact) mass is 423 g/mol. The molecule has 0 spiro atoms. The maximum atomic E-state index is 12.8. The third kappa shape index (κ3) is 3.84. The quantitative estimate of drug-likeness (QED) is 0.497. The third-order valence-corrected chi connectivity index (χ3v) is 5.66. The number of hydrogen-bond acceptors (Lipinski definition) is 7. The molecule has 4 rings (SSSR count). The highest BCUT2D eigenvalue weighted by molar-refractivity contribution is 7.14. The highest BCUT2D eigenvalue weighted by Gasteiger charge is 2.22. The van der Waals surface area contributed by atoms with Crippen molar-refractivity contribution in [3.8, 4) is 17.0 Å². The Bertz CT molecular complexity index is 1210. The van der Waals surface area contributed by atoms with Gasteiger partial charge in [0.15, 0.2) is 10.8 Å². The normalized spacial score (nSPS) is 10.9. The van der Waals surface area contributed by atoms with Crippen LogP contribution in [0.1, 0.15) is 33.1 Å². The van der Waals surface area contributed by atoms with Gasteiger partial charge in [0.1, 0.15) is 18.1 Å². The first-order valence-corrected chi connectivity index (χ1v) is 10.2. The maximum absolute atomic E-state index is 12.8. The van der Waals surface area contributed by atoms with E-state index in [1.807, 2.05) is 50.5 Å². The molecular formula is C21H21N5O3S. The number of thiazole rings is 1. The van der Waals surface area contributed by atoms with Gasteiger partial charge in [0, 0.05) is 23.7 Å². The minimum atomic E-state index is -0.390. The van der Waals surface area contributed by atoms with Crippen LogP contribution in [0.2, 0.25) is 0 Å². The summed E-state index contributed by atoms with van der Waals surface area (Å²) in [6, 6.07) is 7.70. The van der Waals surface area contributed by atoms with Crippen molar-refractivity contribution >= 4 is 22.4 Å². The lowest BCUT2D eigenvalue weighted by Gasteiger charge is -2.08. The fourth-order valence-corrected chi connectivity index (χ4v) is 3.67. The number of aryl methyl sites for hydroxylation is 3. The second kappa shape index (κ2) is 8.11. The summed E-state index contributed by atoms with van der Waals surface area (Å²) in [4.78, 5) is 17.3. The number of rotatable bonds is 6. The van der Waals surface area contributed by atoms with E-state index in [2.05, 4.69) is 20.6 Å². The first kappa shape index (κ1) is 19.8. The number of nitrogens with zero attached hydrogens (tertiary/aromatic N) is 4. The van der Waals surface area contributed by atoms with E-state index in [0.717, 1.165) is 28.3 Å². The zero-order valence-corrected chi connectivity index (χ0v) is 17.9. The molecule has 9 heteroatoms. The molecule has 0 unspecified atom stereocenters. The van der Waals surface area contributed by atoms with Crippen molar-refractivity contribution in [1.82, 2.24) is 19.9 Å². The van der Waals surface area contributed by atoms with E-state index in [4.69, 9.17) is 9.26 Å². The summed E-state index contributed by atoms with van der Waals surface area (Å²) in [7, 11) is 1.88. The summed E-state index contributed by atoms with van der Waals surface area (Å²) >= 11 is 1.34. The molecule has 0 aliphatic carbocycles. The molecule has 0 aliphatic rings. The average Bonchev–Trinajstić information content (AvgIpc) is 3.42. The van der Waals surface area contributed by atoms with Crippen LogP contribution in [0.4, 0.5) is 5.13 Å². The minimum Gasteiger partial charge on any atom is -0.488 e. The van der Waals surface area contributed by atoms with Crippen molar-refractivity contribution in [3.05, 3.63) is 64.1 Å². The molecule has 0 saturated carbocycles. The van der Waals surface area contributed by atoms with Gasteiger partial charge in [-0.15, -0.1) is 11.3 Å². The number of nitrogens with one attached hydrogen (secondary N) is 1. The Balaban J connectivity index is 1.49. The van der Waals surface area contributed by atoms with Crippen LogP contribution in [-0.2, 0) is 13.7 Å². The highest BCUT2D eigenvalue weighted by atomic mass is 32.1. The molecule has 30 heavy (non-hydrogen) atoms. The van der Waals surface area contributed by atoms with E-state index < -0.39 is 0 Å². The maximum Gasteiger partial charge on any atom is 0.280 e. The summed E-state index contributed by atoms with van der Waals surface area (Å²) in [5, 5.41) is 13.3. The number of carbonyl (C=O) groups is 1. The molecule has 0 bridgehead atoms. The molecule has 0 atom stereocenters. The van der Waals surface area contributed by atoms with E-state index in [1.54, 1.807) is 17.8 Å². The summed E-state index contributed by atoms with van der Waals surface area (Å²) < 4.78 is 12.9. The summed E-state index contributed by atoms with van der Waals surface area (Å²) in [5.74, 6) is 0.902. The van der Waals surface area contributed by atoms with Gasteiger partial charge >= 0.3 is 0 Å². The van der Waals surface area contributed by atoms with E-state index in [9.17, 15) is 4.79 Å². The summed E-state index contributed by atoms with van der Waals surface area (Å²) in [6.45, 7) is 5.88. The zero-order chi connectivity index (χ0) is 21.3. The summed E-state index contributed by atoms with van der Waals surface area (Å²) in [6.07, 6.45) is 1.76. The summed E-state index contributed by atoms with van der Waals surface area (Å²) in [5.41, 5.74) is 4.50. The van der Waals surface area contributed by atoms with Crippen LogP contribution in [0.3, 0.4) is 0 Å². The zero-order valence-electron chi connectivity index (χ0n) is 17.1. The average molecular weight is 423 g/mol. The molecule has 154 valence electrons. The number of carbonyl (C=O) groups excluding carboxylic acids is 1. The van der Waals surface area contributed by atoms with E-state index in [-0.39, 0.29) is 18.2 Å². The van der Waals surface area contributed by atoms with Crippen LogP contribution >= 0.6 is 11.3 Å². The Morgan fingerprint density at radius 3 is 2.80 bits per heavy atom. The van der Waals surface area contributed by atoms with E-state index >= 15 is 0 Å². The number of amides is 1. The van der Waals surface area contributed by atoms with Gasteiger partial charge in [0.05, 0.1) is 17.5 Å². The second-order valence-corrected chi connectivity index (χ2v) is 7.74. The predicted molar refractivity (Wildman–Crippen MR) is 114 cm³/mol. The smallest absolute Gasteiger partial charge is 0.280 e. The first-order valence-electron chi connectivity index (χ1n) is 9.33. The molecule has 1 N–H and O–H groups in total. The lowest BCUT2D eigenvalue weighted by atomic mass is 10.2. The molecule has 0 saturated heterocycles. The number of ether oxygens (including phenoxy) is 1. The lowest BCUT2D eigenvalue weighted by molar-refractivity contribution is 0.101. The van der Waals surface area contributed by atoms with Gasteiger partial charge in [-0.2, -0.15) is 5.10 Å². The largest absolute Gasteiger partial charge is 0.488 e. The van der Waals surface area contributed by atoms with Gasteiger partial charge in [-0.25, -0.2) is 4.98 Å². The third-order valence-electron chi connectivity index (χ3n) is 4.90. The van der Waals surface area contributed by atoms with Crippen molar-refractivity contribution in [2.75, 3.05) is 5.32 Å². The van der Waals surface area contributed by atoms with Crippen LogP contribution in [0, 0.1) is 20.8 Å². The molecule has 8 nitrogen and oxygen atoms in total. The van der Waals surface area contributed by atoms with Gasteiger partial charge in [-0.05, 0) is 32.4 Å². The van der Waals surface area contributed by atoms with Crippen LogP contribution in [0.5, 0.6) is 5.75 Å². The molecule has 1 amide bonds. The molecule has 0 aliphatic heterocycles. The Kier molecular flexibility index (Phi) is 5.37. The molecule has 1 aromatic carbocycles. The van der Waals surface area contributed by atoms with Crippen LogP contribution in [0.25, 0.3) is 11.3 Å². The van der Waals surface area contributed by atoms with Gasteiger partial charge in [-0.3, -0.25) is 14.8 Å². The van der Waals surface area contributed by atoms with E-state index in [0.29, 0.717) is 16.5 Å².